The van der Waals surface area contributed by atoms with Gasteiger partial charge in [-0.25, -0.2) is 0 Å². The lowest BCUT2D eigenvalue weighted by Gasteiger charge is -2.25. The van der Waals surface area contributed by atoms with Crippen molar-refractivity contribution in [3.63, 3.8) is 0 Å². The van der Waals surface area contributed by atoms with Crippen LogP contribution in [-0.2, 0) is 16.9 Å². The zero-order valence-corrected chi connectivity index (χ0v) is 11.0. The van der Waals surface area contributed by atoms with Gasteiger partial charge in [-0.05, 0) is 25.5 Å². The zero-order valence-electron chi connectivity index (χ0n) is 11.0. The number of aliphatic hydroxyl groups is 1. The van der Waals surface area contributed by atoms with E-state index in [0.717, 1.165) is 5.56 Å². The lowest BCUT2D eigenvalue weighted by Crippen LogP contribution is -2.20. The third-order valence-corrected chi connectivity index (χ3v) is 2.54. The quantitative estimate of drug-likeness (QED) is 0.856. The molecule has 0 radical (unpaired) electrons. The summed E-state index contributed by atoms with van der Waals surface area (Å²) in [6, 6.07) is 3.68. The van der Waals surface area contributed by atoms with Crippen molar-refractivity contribution in [1.29, 1.82) is 0 Å². The molecule has 0 heterocycles. The van der Waals surface area contributed by atoms with E-state index in [1.54, 1.807) is 35.2 Å². The molecule has 17 heavy (non-hydrogen) atoms. The van der Waals surface area contributed by atoms with Crippen LogP contribution in [0.25, 0.3) is 0 Å². The topological polar surface area (TPSA) is 47.9 Å². The molecule has 0 saturated carbocycles. The molecule has 0 amide bonds. The summed E-state index contributed by atoms with van der Waals surface area (Å²) < 4.78 is 15.7. The predicted octanol–water partition coefficient (Wildman–Crippen LogP) is 2.08. The average Bonchev–Trinajstić information content (AvgIpc) is 2.27. The van der Waals surface area contributed by atoms with Gasteiger partial charge in [0.05, 0.1) is 26.4 Å². The van der Waals surface area contributed by atoms with Crippen molar-refractivity contribution in [3.05, 3.63) is 23.3 Å². The van der Waals surface area contributed by atoms with Crippen LogP contribution in [0.5, 0.6) is 11.5 Å². The molecule has 4 heteroatoms. The maximum Gasteiger partial charge on any atom is 0.167 e. The van der Waals surface area contributed by atoms with Crippen molar-refractivity contribution in [2.45, 2.75) is 26.1 Å². The van der Waals surface area contributed by atoms with Gasteiger partial charge in [-0.3, -0.25) is 0 Å². The Kier molecular flexibility index (Phi) is 4.37. The Hall–Kier alpha value is -1.26. The van der Waals surface area contributed by atoms with E-state index in [-0.39, 0.29) is 0 Å². The van der Waals surface area contributed by atoms with Crippen LogP contribution >= 0.6 is 0 Å². The Balaban J connectivity index is 3.44. The van der Waals surface area contributed by atoms with Gasteiger partial charge < -0.3 is 19.3 Å². The first-order valence-corrected chi connectivity index (χ1v) is 5.41. The fraction of sp³-hybridized carbons (Fsp3) is 0.538. The van der Waals surface area contributed by atoms with E-state index >= 15 is 0 Å². The van der Waals surface area contributed by atoms with Crippen LogP contribution < -0.4 is 9.47 Å². The van der Waals surface area contributed by atoms with E-state index in [1.807, 2.05) is 12.1 Å². The Labute approximate surface area is 102 Å². The second kappa shape index (κ2) is 5.38. The monoisotopic (exact) mass is 240 g/mol. The van der Waals surface area contributed by atoms with Crippen LogP contribution in [0, 0.1) is 0 Å². The van der Waals surface area contributed by atoms with Crippen molar-refractivity contribution < 1.29 is 19.3 Å². The average molecular weight is 240 g/mol. The minimum Gasteiger partial charge on any atom is -0.493 e. The molecular formula is C13H20O4. The first kappa shape index (κ1) is 13.8. The molecular weight excluding hydrogens is 220 g/mol. The van der Waals surface area contributed by atoms with Gasteiger partial charge in [-0.15, -0.1) is 0 Å². The molecule has 96 valence electrons. The van der Waals surface area contributed by atoms with E-state index in [4.69, 9.17) is 14.2 Å². The lowest BCUT2D eigenvalue weighted by atomic mass is 9.92. The molecule has 0 saturated heterocycles. The van der Waals surface area contributed by atoms with Crippen LogP contribution in [0.15, 0.2) is 12.1 Å². The highest BCUT2D eigenvalue weighted by molar-refractivity contribution is 5.53. The summed E-state index contributed by atoms with van der Waals surface area (Å²) in [5, 5.41) is 10.2. The summed E-state index contributed by atoms with van der Waals surface area (Å²) in [7, 11) is 4.75. The van der Waals surface area contributed by atoms with Gasteiger partial charge in [-0.2, -0.15) is 0 Å². The van der Waals surface area contributed by atoms with Crippen LogP contribution in [0.1, 0.15) is 25.0 Å². The van der Waals surface area contributed by atoms with E-state index < -0.39 is 5.60 Å². The Bertz CT molecular complexity index is 380. The Morgan fingerprint density at radius 3 is 2.18 bits per heavy atom. The molecule has 1 N–H and O–H groups in total. The fourth-order valence-electron chi connectivity index (χ4n) is 1.91. The summed E-state index contributed by atoms with van der Waals surface area (Å²) in [5.41, 5.74) is 0.562. The molecule has 0 atom stereocenters. The third-order valence-electron chi connectivity index (χ3n) is 2.54. The minimum absolute atomic E-state index is 0.416. The fourth-order valence-corrected chi connectivity index (χ4v) is 1.91. The Morgan fingerprint density at radius 2 is 1.76 bits per heavy atom. The van der Waals surface area contributed by atoms with Crippen molar-refractivity contribution in [2.24, 2.45) is 0 Å². The van der Waals surface area contributed by atoms with Crippen molar-refractivity contribution >= 4 is 0 Å². The molecule has 1 aromatic carbocycles. The van der Waals surface area contributed by atoms with Crippen LogP contribution in [0.3, 0.4) is 0 Å². The second-order valence-corrected chi connectivity index (χ2v) is 4.33. The third kappa shape index (κ3) is 2.90. The number of benzene rings is 1. The number of ether oxygens (including phenoxy) is 3. The highest BCUT2D eigenvalue weighted by Crippen LogP contribution is 2.39. The number of methoxy groups -OCH3 is 3. The Morgan fingerprint density at radius 1 is 1.12 bits per heavy atom. The highest BCUT2D eigenvalue weighted by atomic mass is 16.5. The van der Waals surface area contributed by atoms with Crippen LogP contribution in [0.4, 0.5) is 0 Å². The van der Waals surface area contributed by atoms with Crippen molar-refractivity contribution in [2.75, 3.05) is 21.3 Å². The van der Waals surface area contributed by atoms with Crippen molar-refractivity contribution in [3.8, 4) is 11.5 Å². The van der Waals surface area contributed by atoms with Gasteiger partial charge >= 0.3 is 0 Å². The molecule has 1 aromatic rings. The molecule has 0 aliphatic rings. The van der Waals surface area contributed by atoms with E-state index in [9.17, 15) is 5.11 Å². The molecule has 0 aliphatic carbocycles. The first-order valence-electron chi connectivity index (χ1n) is 5.41. The van der Waals surface area contributed by atoms with E-state index in [0.29, 0.717) is 23.7 Å². The highest BCUT2D eigenvalue weighted by Gasteiger charge is 2.27. The van der Waals surface area contributed by atoms with Gasteiger partial charge in [0, 0.05) is 12.7 Å². The maximum atomic E-state index is 10.2. The number of hydrogen-bond donors (Lipinski definition) is 1. The first-order chi connectivity index (χ1) is 7.95. The summed E-state index contributed by atoms with van der Waals surface area (Å²) in [4.78, 5) is 0. The van der Waals surface area contributed by atoms with E-state index in [1.165, 1.54) is 0 Å². The van der Waals surface area contributed by atoms with Crippen molar-refractivity contribution in [1.82, 2.24) is 0 Å². The normalized spacial score (nSPS) is 11.4. The lowest BCUT2D eigenvalue weighted by molar-refractivity contribution is 0.0711. The predicted molar refractivity (Wildman–Crippen MR) is 65.5 cm³/mol. The molecule has 0 bridgehead atoms. The van der Waals surface area contributed by atoms with Gasteiger partial charge in [0.2, 0.25) is 0 Å². The standard InChI is InChI=1S/C13H20O4/c1-13(2,14)11-9(8-15-3)6-7-10(16-4)12(11)17-5/h6-7,14H,8H2,1-5H3. The largest absolute Gasteiger partial charge is 0.493 e. The number of hydrogen-bond acceptors (Lipinski definition) is 4. The second-order valence-electron chi connectivity index (χ2n) is 4.33. The zero-order chi connectivity index (χ0) is 13.1. The molecule has 0 aromatic heterocycles. The minimum atomic E-state index is -1.02. The van der Waals surface area contributed by atoms with Gasteiger partial charge in [-0.1, -0.05) is 6.07 Å². The maximum absolute atomic E-state index is 10.2. The van der Waals surface area contributed by atoms with Gasteiger partial charge in [0.15, 0.2) is 11.5 Å². The SMILES string of the molecule is COCc1ccc(OC)c(OC)c1C(C)(C)O. The number of rotatable bonds is 5. The molecule has 0 spiro atoms. The van der Waals surface area contributed by atoms with Crippen LogP contribution in [0.2, 0.25) is 0 Å². The summed E-state index contributed by atoms with van der Waals surface area (Å²) in [6.07, 6.45) is 0. The molecule has 4 nitrogen and oxygen atoms in total. The van der Waals surface area contributed by atoms with Gasteiger partial charge in [0.1, 0.15) is 0 Å². The molecule has 1 rings (SSSR count). The smallest absolute Gasteiger partial charge is 0.167 e. The molecule has 0 aliphatic heterocycles. The molecule has 0 fully saturated rings. The summed E-state index contributed by atoms with van der Waals surface area (Å²) in [5.74, 6) is 1.15. The summed E-state index contributed by atoms with van der Waals surface area (Å²) >= 11 is 0. The summed E-state index contributed by atoms with van der Waals surface area (Å²) in [6.45, 7) is 3.84. The van der Waals surface area contributed by atoms with Crippen LogP contribution in [-0.4, -0.2) is 26.4 Å². The molecule has 0 unspecified atom stereocenters. The van der Waals surface area contributed by atoms with E-state index in [2.05, 4.69) is 0 Å². The van der Waals surface area contributed by atoms with Gasteiger partial charge in [0.25, 0.3) is 0 Å².